The number of ether oxygens (including phenoxy) is 2. The van der Waals surface area contributed by atoms with Crippen LogP contribution in [0.25, 0.3) is 0 Å². The summed E-state index contributed by atoms with van der Waals surface area (Å²) in [6.45, 7) is 7.33. The van der Waals surface area contributed by atoms with Gasteiger partial charge in [-0.3, -0.25) is 9.59 Å². The monoisotopic (exact) mass is 500 g/mol. The molecule has 0 bridgehead atoms. The minimum absolute atomic E-state index is 0.0283. The number of nitrogens with zero attached hydrogens (tertiary/aromatic N) is 1. The van der Waals surface area contributed by atoms with E-state index in [4.69, 9.17) is 9.47 Å². The van der Waals surface area contributed by atoms with E-state index in [0.29, 0.717) is 38.3 Å². The number of benzene rings is 3. The van der Waals surface area contributed by atoms with Gasteiger partial charge in [0, 0.05) is 25.4 Å². The predicted octanol–water partition coefficient (Wildman–Crippen LogP) is 4.86. The Morgan fingerprint density at radius 2 is 1.59 bits per heavy atom. The normalized spacial score (nSPS) is 13.2. The molecule has 3 aromatic carbocycles. The molecule has 6 heteroatoms. The van der Waals surface area contributed by atoms with Crippen LogP contribution in [0.3, 0.4) is 0 Å². The molecule has 0 saturated carbocycles. The van der Waals surface area contributed by atoms with Gasteiger partial charge in [-0.2, -0.15) is 0 Å². The zero-order valence-electron chi connectivity index (χ0n) is 21.9. The van der Waals surface area contributed by atoms with E-state index < -0.39 is 6.04 Å². The Hall–Kier alpha value is -3.80. The van der Waals surface area contributed by atoms with Gasteiger partial charge in [-0.15, -0.1) is 0 Å². The second-order valence-electron chi connectivity index (χ2n) is 9.86. The van der Waals surface area contributed by atoms with Gasteiger partial charge in [0.15, 0.2) is 11.5 Å². The van der Waals surface area contributed by atoms with Crippen LogP contribution in [0.4, 0.5) is 0 Å². The summed E-state index contributed by atoms with van der Waals surface area (Å²) in [7, 11) is 0. The van der Waals surface area contributed by atoms with Gasteiger partial charge in [0.05, 0.1) is 0 Å². The van der Waals surface area contributed by atoms with Crippen molar-refractivity contribution in [3.63, 3.8) is 0 Å². The SMILES string of the molecule is Cc1cccc(CN(C(=O)CCc2ccc3c(c2)OCCO3)[C@H](Cc2ccccc2)C(=O)NC(C)C)c1. The molecule has 3 aromatic rings. The lowest BCUT2D eigenvalue weighted by atomic mass is 10.0. The highest BCUT2D eigenvalue weighted by Crippen LogP contribution is 2.31. The third-order valence-electron chi connectivity index (χ3n) is 6.37. The lowest BCUT2D eigenvalue weighted by Crippen LogP contribution is -2.51. The van der Waals surface area contributed by atoms with Crippen LogP contribution in [0.5, 0.6) is 11.5 Å². The fraction of sp³-hybridized carbons (Fsp3) is 0.355. The number of amides is 2. The first-order valence-corrected chi connectivity index (χ1v) is 13.0. The van der Waals surface area contributed by atoms with Crippen LogP contribution in [0.15, 0.2) is 72.8 Å². The summed E-state index contributed by atoms with van der Waals surface area (Å²) in [6.07, 6.45) is 1.27. The van der Waals surface area contributed by atoms with Crippen molar-refractivity contribution in [2.75, 3.05) is 13.2 Å². The molecule has 1 N–H and O–H groups in total. The number of hydrogen-bond acceptors (Lipinski definition) is 4. The molecule has 37 heavy (non-hydrogen) atoms. The molecule has 0 saturated heterocycles. The number of nitrogens with one attached hydrogen (secondary N) is 1. The van der Waals surface area contributed by atoms with Gasteiger partial charge in [0.1, 0.15) is 19.3 Å². The quantitative estimate of drug-likeness (QED) is 0.432. The van der Waals surface area contributed by atoms with Gasteiger partial charge in [-0.05, 0) is 56.0 Å². The molecule has 0 spiro atoms. The fourth-order valence-electron chi connectivity index (χ4n) is 4.58. The molecule has 0 fully saturated rings. The largest absolute Gasteiger partial charge is 0.486 e. The van der Waals surface area contributed by atoms with Gasteiger partial charge in [0.2, 0.25) is 11.8 Å². The Labute approximate surface area is 219 Å². The van der Waals surface area contributed by atoms with Gasteiger partial charge in [-0.1, -0.05) is 66.2 Å². The van der Waals surface area contributed by atoms with Crippen molar-refractivity contribution in [3.05, 3.63) is 95.1 Å². The van der Waals surface area contributed by atoms with Crippen molar-refractivity contribution in [2.45, 2.75) is 58.7 Å². The second kappa shape index (κ2) is 12.4. The van der Waals surface area contributed by atoms with Crippen molar-refractivity contribution in [1.82, 2.24) is 10.2 Å². The summed E-state index contributed by atoms with van der Waals surface area (Å²) in [5.74, 6) is 1.25. The first-order chi connectivity index (χ1) is 17.9. The molecule has 1 aliphatic heterocycles. The zero-order valence-corrected chi connectivity index (χ0v) is 21.9. The summed E-state index contributed by atoms with van der Waals surface area (Å²) < 4.78 is 11.3. The number of carbonyl (C=O) groups is 2. The number of aryl methyl sites for hydroxylation is 2. The van der Waals surface area contributed by atoms with Gasteiger partial charge in [0.25, 0.3) is 0 Å². The lowest BCUT2D eigenvalue weighted by molar-refractivity contribution is -0.141. The number of hydrogen-bond donors (Lipinski definition) is 1. The van der Waals surface area contributed by atoms with Gasteiger partial charge >= 0.3 is 0 Å². The Morgan fingerprint density at radius 1 is 0.865 bits per heavy atom. The van der Waals surface area contributed by atoms with E-state index in [0.717, 1.165) is 28.0 Å². The topological polar surface area (TPSA) is 67.9 Å². The van der Waals surface area contributed by atoms with Crippen LogP contribution < -0.4 is 14.8 Å². The summed E-state index contributed by atoms with van der Waals surface area (Å²) in [6, 6.07) is 23.1. The Bertz CT molecular complexity index is 1210. The average molecular weight is 501 g/mol. The maximum atomic E-state index is 13.8. The Balaban J connectivity index is 1.59. The van der Waals surface area contributed by atoms with Crippen LogP contribution in [0.1, 0.15) is 42.5 Å². The van der Waals surface area contributed by atoms with Crippen molar-refractivity contribution in [2.24, 2.45) is 0 Å². The molecule has 6 nitrogen and oxygen atoms in total. The molecule has 1 atom stereocenters. The van der Waals surface area contributed by atoms with E-state index >= 15 is 0 Å². The van der Waals surface area contributed by atoms with Crippen LogP contribution in [-0.4, -0.2) is 42.0 Å². The number of rotatable bonds is 10. The van der Waals surface area contributed by atoms with Crippen molar-refractivity contribution in [3.8, 4) is 11.5 Å². The molecule has 194 valence electrons. The van der Waals surface area contributed by atoms with Crippen molar-refractivity contribution < 1.29 is 19.1 Å². The van der Waals surface area contributed by atoms with Crippen LogP contribution in [0.2, 0.25) is 0 Å². The summed E-state index contributed by atoms with van der Waals surface area (Å²) in [5, 5.41) is 3.04. The second-order valence-corrected chi connectivity index (χ2v) is 9.86. The standard InChI is InChI=1S/C31H36N2O4/c1-22(2)32-31(35)27(19-24-9-5-4-6-10-24)33(21-26-11-7-8-23(3)18-26)30(34)15-13-25-12-14-28-29(20-25)37-17-16-36-28/h4-12,14,18,20,22,27H,13,15-17,19,21H2,1-3H3,(H,32,35)/t27-/m1/s1. The van der Waals surface area contributed by atoms with Gasteiger partial charge in [-0.25, -0.2) is 0 Å². The summed E-state index contributed by atoms with van der Waals surface area (Å²) in [4.78, 5) is 29.0. The smallest absolute Gasteiger partial charge is 0.243 e. The summed E-state index contributed by atoms with van der Waals surface area (Å²) >= 11 is 0. The molecule has 0 radical (unpaired) electrons. The van der Waals surface area contributed by atoms with E-state index in [-0.39, 0.29) is 24.3 Å². The highest BCUT2D eigenvalue weighted by atomic mass is 16.6. The fourth-order valence-corrected chi connectivity index (χ4v) is 4.58. The lowest BCUT2D eigenvalue weighted by Gasteiger charge is -2.32. The van der Waals surface area contributed by atoms with Crippen molar-refractivity contribution in [1.29, 1.82) is 0 Å². The minimum Gasteiger partial charge on any atom is -0.486 e. The molecule has 1 aliphatic rings. The third-order valence-corrected chi connectivity index (χ3v) is 6.37. The molecule has 2 amide bonds. The molecular weight excluding hydrogens is 464 g/mol. The molecule has 0 aromatic heterocycles. The molecular formula is C31H36N2O4. The maximum absolute atomic E-state index is 13.8. The number of carbonyl (C=O) groups excluding carboxylic acids is 2. The van der Waals surface area contributed by atoms with E-state index in [1.807, 2.05) is 87.5 Å². The van der Waals surface area contributed by atoms with E-state index in [1.54, 1.807) is 4.90 Å². The van der Waals surface area contributed by atoms with Gasteiger partial charge < -0.3 is 19.7 Å². The zero-order chi connectivity index (χ0) is 26.2. The minimum atomic E-state index is -0.627. The highest BCUT2D eigenvalue weighted by Gasteiger charge is 2.30. The van der Waals surface area contributed by atoms with Crippen LogP contribution >= 0.6 is 0 Å². The van der Waals surface area contributed by atoms with E-state index in [9.17, 15) is 9.59 Å². The summed E-state index contributed by atoms with van der Waals surface area (Å²) in [5.41, 5.74) is 4.13. The molecule has 0 aliphatic carbocycles. The predicted molar refractivity (Wildman–Crippen MR) is 145 cm³/mol. The number of fused-ring (bicyclic) bond motifs is 1. The maximum Gasteiger partial charge on any atom is 0.243 e. The molecule has 0 unspecified atom stereocenters. The molecule has 4 rings (SSSR count). The van der Waals surface area contributed by atoms with E-state index in [2.05, 4.69) is 11.4 Å². The third kappa shape index (κ3) is 7.35. The van der Waals surface area contributed by atoms with Crippen LogP contribution in [0, 0.1) is 6.92 Å². The average Bonchev–Trinajstić information content (AvgIpc) is 2.89. The first kappa shape index (κ1) is 26.3. The highest BCUT2D eigenvalue weighted by molar-refractivity contribution is 5.88. The first-order valence-electron chi connectivity index (χ1n) is 13.0. The molecule has 1 heterocycles. The van der Waals surface area contributed by atoms with E-state index in [1.165, 1.54) is 0 Å². The Morgan fingerprint density at radius 3 is 2.32 bits per heavy atom. The van der Waals surface area contributed by atoms with Crippen molar-refractivity contribution >= 4 is 11.8 Å². The van der Waals surface area contributed by atoms with Crippen LogP contribution in [-0.2, 0) is 29.0 Å². The Kier molecular flexibility index (Phi) is 8.83.